The molecule has 0 atom stereocenters. The number of carbonyl (C=O) groups is 1. The molecule has 0 saturated heterocycles. The molecule has 0 fully saturated rings. The molecule has 9 heteroatoms. The molecule has 0 saturated carbocycles. The van der Waals surface area contributed by atoms with Crippen LogP contribution in [0.3, 0.4) is 0 Å². The number of hydrogen-bond acceptors (Lipinski definition) is 7. The average Bonchev–Trinajstić information content (AvgIpc) is 3.22. The number of nitrogens with zero attached hydrogens (tertiary/aromatic N) is 7. The molecule has 1 N–H and O–H groups in total. The van der Waals surface area contributed by atoms with Crippen molar-refractivity contribution < 1.29 is 4.79 Å². The molecule has 0 bridgehead atoms. The fourth-order valence-electron chi connectivity index (χ4n) is 3.09. The van der Waals surface area contributed by atoms with Crippen LogP contribution in [0.25, 0.3) is 17.2 Å². The van der Waals surface area contributed by atoms with Gasteiger partial charge >= 0.3 is 0 Å². The zero-order valence-corrected chi connectivity index (χ0v) is 17.7. The van der Waals surface area contributed by atoms with Crippen molar-refractivity contribution in [3.05, 3.63) is 66.4 Å². The summed E-state index contributed by atoms with van der Waals surface area (Å²) >= 11 is 0. The van der Waals surface area contributed by atoms with Gasteiger partial charge in [-0.15, -0.1) is 15.3 Å². The molecule has 3 heterocycles. The SMILES string of the molecule is CN(C)CCNC(=O)c1ccnc(-c2nnc3ccc(N(C)c4ccccc4)nn23)c1. The number of pyridine rings is 1. The van der Waals surface area contributed by atoms with Crippen LogP contribution in [0.15, 0.2) is 60.8 Å². The highest BCUT2D eigenvalue weighted by Gasteiger charge is 2.15. The van der Waals surface area contributed by atoms with E-state index in [9.17, 15) is 4.79 Å². The van der Waals surface area contributed by atoms with E-state index in [-0.39, 0.29) is 5.91 Å². The third kappa shape index (κ3) is 4.51. The van der Waals surface area contributed by atoms with Crippen LogP contribution in [0.1, 0.15) is 10.4 Å². The highest BCUT2D eigenvalue weighted by Crippen LogP contribution is 2.23. The lowest BCUT2D eigenvalue weighted by molar-refractivity contribution is 0.0951. The molecule has 0 aliphatic rings. The fraction of sp³-hybridized carbons (Fsp3) is 0.227. The first-order valence-electron chi connectivity index (χ1n) is 9.93. The second-order valence-electron chi connectivity index (χ2n) is 7.37. The summed E-state index contributed by atoms with van der Waals surface area (Å²) in [4.78, 5) is 20.9. The first-order valence-corrected chi connectivity index (χ1v) is 9.93. The lowest BCUT2D eigenvalue weighted by Crippen LogP contribution is -2.31. The number of amides is 1. The van der Waals surface area contributed by atoms with Gasteiger partial charge in [-0.3, -0.25) is 9.78 Å². The van der Waals surface area contributed by atoms with Gasteiger partial charge in [0.1, 0.15) is 5.69 Å². The Bertz CT molecular complexity index is 1190. The number of nitrogens with one attached hydrogen (secondary N) is 1. The molecule has 0 unspecified atom stereocenters. The molecule has 9 nitrogen and oxygen atoms in total. The topological polar surface area (TPSA) is 91.5 Å². The van der Waals surface area contributed by atoms with Crippen LogP contribution in [-0.2, 0) is 0 Å². The van der Waals surface area contributed by atoms with E-state index in [1.54, 1.807) is 22.8 Å². The van der Waals surface area contributed by atoms with E-state index in [0.717, 1.165) is 18.1 Å². The molecular weight excluding hydrogens is 392 g/mol. The van der Waals surface area contributed by atoms with Gasteiger partial charge in [0.15, 0.2) is 11.5 Å². The summed E-state index contributed by atoms with van der Waals surface area (Å²) in [5.41, 5.74) is 2.65. The summed E-state index contributed by atoms with van der Waals surface area (Å²) in [5, 5.41) is 16.1. The Morgan fingerprint density at radius 3 is 2.61 bits per heavy atom. The van der Waals surface area contributed by atoms with Crippen LogP contribution in [0.5, 0.6) is 0 Å². The Hall–Kier alpha value is -3.85. The van der Waals surface area contributed by atoms with Crippen molar-refractivity contribution in [2.75, 3.05) is 39.1 Å². The number of rotatable bonds is 7. The summed E-state index contributed by atoms with van der Waals surface area (Å²) in [6.07, 6.45) is 1.59. The fourth-order valence-corrected chi connectivity index (χ4v) is 3.09. The number of fused-ring (bicyclic) bond motifs is 1. The van der Waals surface area contributed by atoms with E-state index in [1.165, 1.54) is 0 Å². The number of carbonyl (C=O) groups excluding carboxylic acids is 1. The zero-order chi connectivity index (χ0) is 21.8. The molecule has 0 aliphatic carbocycles. The van der Waals surface area contributed by atoms with E-state index >= 15 is 0 Å². The number of para-hydroxylation sites is 1. The monoisotopic (exact) mass is 416 g/mol. The quantitative estimate of drug-likeness (QED) is 0.494. The number of aromatic nitrogens is 5. The van der Waals surface area contributed by atoms with E-state index in [4.69, 9.17) is 5.10 Å². The van der Waals surface area contributed by atoms with Crippen molar-refractivity contribution in [1.29, 1.82) is 0 Å². The molecular formula is C22H24N8O. The van der Waals surface area contributed by atoms with Gasteiger partial charge in [-0.2, -0.15) is 4.52 Å². The smallest absolute Gasteiger partial charge is 0.251 e. The van der Waals surface area contributed by atoms with Gasteiger partial charge in [0.05, 0.1) is 0 Å². The number of anilines is 2. The number of benzene rings is 1. The lowest BCUT2D eigenvalue weighted by Gasteiger charge is -2.18. The molecule has 31 heavy (non-hydrogen) atoms. The Balaban J connectivity index is 1.63. The van der Waals surface area contributed by atoms with E-state index in [0.29, 0.717) is 29.3 Å². The largest absolute Gasteiger partial charge is 0.351 e. The van der Waals surface area contributed by atoms with Gasteiger partial charge < -0.3 is 15.1 Å². The van der Waals surface area contributed by atoms with Gasteiger partial charge in [-0.05, 0) is 50.5 Å². The van der Waals surface area contributed by atoms with Gasteiger partial charge in [-0.1, -0.05) is 18.2 Å². The summed E-state index contributed by atoms with van der Waals surface area (Å²) in [5.74, 6) is 1.05. The first kappa shape index (κ1) is 20.4. The highest BCUT2D eigenvalue weighted by molar-refractivity contribution is 5.94. The van der Waals surface area contributed by atoms with Crippen LogP contribution in [0, 0.1) is 0 Å². The maximum atomic E-state index is 12.5. The second-order valence-corrected chi connectivity index (χ2v) is 7.37. The highest BCUT2D eigenvalue weighted by atomic mass is 16.1. The maximum absolute atomic E-state index is 12.5. The molecule has 0 aliphatic heterocycles. The minimum atomic E-state index is -0.156. The van der Waals surface area contributed by atoms with Crippen molar-refractivity contribution in [3.8, 4) is 11.5 Å². The predicted molar refractivity (Wildman–Crippen MR) is 119 cm³/mol. The van der Waals surface area contributed by atoms with Crippen LogP contribution >= 0.6 is 0 Å². The maximum Gasteiger partial charge on any atom is 0.251 e. The number of hydrogen-bond donors (Lipinski definition) is 1. The Morgan fingerprint density at radius 1 is 1.03 bits per heavy atom. The van der Waals surface area contributed by atoms with Gasteiger partial charge in [0.2, 0.25) is 5.82 Å². The van der Waals surface area contributed by atoms with Crippen molar-refractivity contribution in [2.24, 2.45) is 0 Å². The summed E-state index contributed by atoms with van der Waals surface area (Å²) in [6.45, 7) is 1.33. The third-order valence-corrected chi connectivity index (χ3v) is 4.83. The molecule has 0 spiro atoms. The van der Waals surface area contributed by atoms with Crippen LogP contribution < -0.4 is 10.2 Å². The van der Waals surface area contributed by atoms with Crippen LogP contribution in [-0.4, -0.2) is 69.8 Å². The Morgan fingerprint density at radius 2 is 1.84 bits per heavy atom. The van der Waals surface area contributed by atoms with Crippen molar-refractivity contribution in [2.45, 2.75) is 0 Å². The first-order chi connectivity index (χ1) is 15.0. The molecule has 4 rings (SSSR count). The summed E-state index contributed by atoms with van der Waals surface area (Å²) in [7, 11) is 5.87. The van der Waals surface area contributed by atoms with Crippen LogP contribution in [0.2, 0.25) is 0 Å². The minimum Gasteiger partial charge on any atom is -0.351 e. The molecule has 3 aromatic heterocycles. The summed E-state index contributed by atoms with van der Waals surface area (Å²) < 4.78 is 1.64. The van der Waals surface area contributed by atoms with E-state index in [1.807, 2.05) is 73.4 Å². The van der Waals surface area contributed by atoms with E-state index in [2.05, 4.69) is 20.5 Å². The van der Waals surface area contributed by atoms with Crippen molar-refractivity contribution in [3.63, 3.8) is 0 Å². The molecule has 158 valence electrons. The Kier molecular flexibility index (Phi) is 5.85. The molecule has 1 aromatic carbocycles. The number of likely N-dealkylation sites (N-methyl/N-ethyl adjacent to an activating group) is 1. The molecule has 0 radical (unpaired) electrons. The van der Waals surface area contributed by atoms with Gasteiger partial charge in [0.25, 0.3) is 5.91 Å². The van der Waals surface area contributed by atoms with Crippen molar-refractivity contribution in [1.82, 2.24) is 35.0 Å². The summed E-state index contributed by atoms with van der Waals surface area (Å²) in [6, 6.07) is 17.1. The predicted octanol–water partition coefficient (Wildman–Crippen LogP) is 2.25. The van der Waals surface area contributed by atoms with Crippen LogP contribution in [0.4, 0.5) is 11.5 Å². The normalized spacial score (nSPS) is 11.1. The zero-order valence-electron chi connectivity index (χ0n) is 17.7. The second kappa shape index (κ2) is 8.88. The third-order valence-electron chi connectivity index (χ3n) is 4.83. The lowest BCUT2D eigenvalue weighted by atomic mass is 10.2. The van der Waals surface area contributed by atoms with E-state index < -0.39 is 0 Å². The average molecular weight is 416 g/mol. The molecule has 1 amide bonds. The van der Waals surface area contributed by atoms with Crippen molar-refractivity contribution >= 4 is 23.1 Å². The Labute approximate surface area is 180 Å². The minimum absolute atomic E-state index is 0.156. The standard InChI is InChI=1S/C22H24N8O/c1-28(2)14-13-24-22(31)16-11-12-23-18(15-16)21-26-25-19-9-10-20(27-30(19)21)29(3)17-7-5-4-6-8-17/h4-12,15H,13-14H2,1-3H3,(H,24,31). The van der Waals surface area contributed by atoms with Gasteiger partial charge in [0, 0.05) is 37.6 Å². The molecule has 4 aromatic rings. The van der Waals surface area contributed by atoms with Gasteiger partial charge in [-0.25, -0.2) is 0 Å².